The summed E-state index contributed by atoms with van der Waals surface area (Å²) in [5, 5.41) is 0. The van der Waals surface area contributed by atoms with E-state index in [0.29, 0.717) is 19.4 Å². The second-order valence-electron chi connectivity index (χ2n) is 4.18. The van der Waals surface area contributed by atoms with Crippen molar-refractivity contribution in [1.82, 2.24) is 4.90 Å². The number of carbonyl (C=O) groups is 1. The van der Waals surface area contributed by atoms with Crippen molar-refractivity contribution in [2.45, 2.75) is 0 Å². The van der Waals surface area contributed by atoms with Crippen LogP contribution in [0.1, 0.15) is 10.4 Å². The number of halogens is 2. The second kappa shape index (κ2) is 5.72. The van der Waals surface area contributed by atoms with Gasteiger partial charge in [-0.05, 0) is 26.2 Å². The van der Waals surface area contributed by atoms with Crippen LogP contribution < -0.4 is 4.90 Å². The molecule has 17 heavy (non-hydrogen) atoms. The lowest BCUT2D eigenvalue weighted by molar-refractivity contribution is 0.112. The van der Waals surface area contributed by atoms with Crippen molar-refractivity contribution in [3.63, 3.8) is 0 Å². The van der Waals surface area contributed by atoms with Crippen molar-refractivity contribution in [1.29, 1.82) is 0 Å². The highest BCUT2D eigenvalue weighted by molar-refractivity contribution is 5.76. The summed E-state index contributed by atoms with van der Waals surface area (Å²) in [4.78, 5) is 13.9. The maximum Gasteiger partial charge on any atom is 0.150 e. The van der Waals surface area contributed by atoms with Crippen molar-refractivity contribution in [2.75, 3.05) is 39.1 Å². The minimum atomic E-state index is -0.714. The van der Waals surface area contributed by atoms with Crippen LogP contribution in [0.15, 0.2) is 12.1 Å². The summed E-state index contributed by atoms with van der Waals surface area (Å²) in [6.07, 6.45) is 0.426. The largest absolute Gasteiger partial charge is 0.369 e. The molecular weight excluding hydrogens is 226 g/mol. The molecule has 0 spiro atoms. The fourth-order valence-corrected chi connectivity index (χ4v) is 1.48. The molecule has 5 heteroatoms. The third-order valence-electron chi connectivity index (χ3n) is 2.44. The van der Waals surface area contributed by atoms with Crippen LogP contribution in [0.3, 0.4) is 0 Å². The summed E-state index contributed by atoms with van der Waals surface area (Å²) < 4.78 is 27.2. The van der Waals surface area contributed by atoms with Crippen LogP contribution in [0.25, 0.3) is 0 Å². The molecule has 0 aliphatic rings. The molecule has 0 bridgehead atoms. The summed E-state index contributed by atoms with van der Waals surface area (Å²) in [6.45, 7) is 1.19. The zero-order chi connectivity index (χ0) is 13.0. The summed E-state index contributed by atoms with van der Waals surface area (Å²) in [6, 6.07) is 2.08. The topological polar surface area (TPSA) is 23.6 Å². The Bertz CT molecular complexity index is 384. The quantitative estimate of drug-likeness (QED) is 0.735. The van der Waals surface area contributed by atoms with E-state index in [0.717, 1.165) is 12.1 Å². The average Bonchev–Trinajstić information content (AvgIpc) is 2.25. The average molecular weight is 242 g/mol. The van der Waals surface area contributed by atoms with Gasteiger partial charge in [0.05, 0.1) is 0 Å². The predicted molar refractivity (Wildman–Crippen MR) is 63.6 cm³/mol. The Morgan fingerprint density at radius 1 is 1.12 bits per heavy atom. The van der Waals surface area contributed by atoms with Gasteiger partial charge >= 0.3 is 0 Å². The maximum absolute atomic E-state index is 13.6. The first kappa shape index (κ1) is 13.6. The number of rotatable bonds is 5. The molecule has 0 aliphatic heterocycles. The van der Waals surface area contributed by atoms with Crippen molar-refractivity contribution in [3.8, 4) is 0 Å². The van der Waals surface area contributed by atoms with Gasteiger partial charge < -0.3 is 9.80 Å². The standard InChI is InChI=1S/C12H16F2N2O/c1-15(2)4-5-16(3)12-10(13)6-9(8-17)7-11(12)14/h6-8H,4-5H2,1-3H3. The minimum absolute atomic E-state index is 0.00441. The second-order valence-corrected chi connectivity index (χ2v) is 4.18. The van der Waals surface area contributed by atoms with E-state index in [9.17, 15) is 13.6 Å². The van der Waals surface area contributed by atoms with Gasteiger partial charge in [-0.2, -0.15) is 0 Å². The number of hydrogen-bond donors (Lipinski definition) is 0. The van der Waals surface area contributed by atoms with E-state index < -0.39 is 11.6 Å². The van der Waals surface area contributed by atoms with E-state index in [1.54, 1.807) is 7.05 Å². The predicted octanol–water partition coefficient (Wildman–Crippen LogP) is 1.78. The molecule has 1 rings (SSSR count). The Balaban J connectivity index is 2.93. The van der Waals surface area contributed by atoms with Gasteiger partial charge in [0, 0.05) is 25.7 Å². The van der Waals surface area contributed by atoms with Gasteiger partial charge in [-0.1, -0.05) is 0 Å². The van der Waals surface area contributed by atoms with E-state index in [2.05, 4.69) is 0 Å². The molecule has 0 saturated carbocycles. The first-order valence-electron chi connectivity index (χ1n) is 5.25. The van der Waals surface area contributed by atoms with Gasteiger partial charge in [0.15, 0.2) is 0 Å². The SMILES string of the molecule is CN(C)CCN(C)c1c(F)cc(C=O)cc1F. The number of nitrogens with zero attached hydrogens (tertiary/aromatic N) is 2. The van der Waals surface area contributed by atoms with Crippen LogP contribution >= 0.6 is 0 Å². The molecule has 3 nitrogen and oxygen atoms in total. The molecule has 0 aliphatic carbocycles. The lowest BCUT2D eigenvalue weighted by atomic mass is 10.2. The highest BCUT2D eigenvalue weighted by atomic mass is 19.1. The number of benzene rings is 1. The fraction of sp³-hybridized carbons (Fsp3) is 0.417. The van der Waals surface area contributed by atoms with E-state index in [-0.39, 0.29) is 11.3 Å². The van der Waals surface area contributed by atoms with Crippen molar-refractivity contribution in [2.24, 2.45) is 0 Å². The zero-order valence-electron chi connectivity index (χ0n) is 10.2. The molecule has 0 radical (unpaired) electrons. The Labute approximate surface area is 99.6 Å². The normalized spacial score (nSPS) is 10.7. The lowest BCUT2D eigenvalue weighted by Crippen LogP contribution is -2.29. The first-order valence-corrected chi connectivity index (χ1v) is 5.25. The third-order valence-corrected chi connectivity index (χ3v) is 2.44. The maximum atomic E-state index is 13.6. The Kier molecular flexibility index (Phi) is 4.57. The van der Waals surface area contributed by atoms with Crippen LogP contribution in [0.2, 0.25) is 0 Å². The number of anilines is 1. The molecule has 0 unspecified atom stereocenters. The highest BCUT2D eigenvalue weighted by Gasteiger charge is 2.15. The molecule has 0 fully saturated rings. The first-order chi connectivity index (χ1) is 7.95. The molecule has 0 aromatic heterocycles. The molecular formula is C12H16F2N2O. The van der Waals surface area contributed by atoms with E-state index in [4.69, 9.17) is 0 Å². The van der Waals surface area contributed by atoms with E-state index >= 15 is 0 Å². The minimum Gasteiger partial charge on any atom is -0.369 e. The number of carbonyl (C=O) groups excluding carboxylic acids is 1. The van der Waals surface area contributed by atoms with Gasteiger partial charge in [0.25, 0.3) is 0 Å². The molecule has 0 heterocycles. The summed E-state index contributed by atoms with van der Waals surface area (Å²) in [7, 11) is 5.39. The van der Waals surface area contributed by atoms with Crippen molar-refractivity contribution in [3.05, 3.63) is 29.3 Å². The Hall–Kier alpha value is -1.49. The summed E-state index contributed by atoms with van der Waals surface area (Å²) in [5.41, 5.74) is -0.0952. The van der Waals surface area contributed by atoms with Crippen molar-refractivity contribution >= 4 is 12.0 Å². The van der Waals surface area contributed by atoms with Gasteiger partial charge in [0.2, 0.25) is 0 Å². The van der Waals surface area contributed by atoms with Crippen LogP contribution in [0, 0.1) is 11.6 Å². The fourth-order valence-electron chi connectivity index (χ4n) is 1.48. The van der Waals surface area contributed by atoms with Crippen LogP contribution in [0.5, 0.6) is 0 Å². The number of hydrogen-bond acceptors (Lipinski definition) is 3. The van der Waals surface area contributed by atoms with Crippen molar-refractivity contribution < 1.29 is 13.6 Å². The van der Waals surface area contributed by atoms with Gasteiger partial charge in [0.1, 0.15) is 23.6 Å². The van der Waals surface area contributed by atoms with Gasteiger partial charge in [-0.15, -0.1) is 0 Å². The molecule has 94 valence electrons. The summed E-state index contributed by atoms with van der Waals surface area (Å²) >= 11 is 0. The molecule has 1 aromatic carbocycles. The molecule has 0 N–H and O–H groups in total. The lowest BCUT2D eigenvalue weighted by Gasteiger charge is -2.22. The Morgan fingerprint density at radius 2 is 1.65 bits per heavy atom. The van der Waals surface area contributed by atoms with E-state index in [1.807, 2.05) is 19.0 Å². The van der Waals surface area contributed by atoms with Crippen LogP contribution in [-0.4, -0.2) is 45.4 Å². The van der Waals surface area contributed by atoms with Gasteiger partial charge in [-0.25, -0.2) is 8.78 Å². The monoisotopic (exact) mass is 242 g/mol. The number of aldehydes is 1. The van der Waals surface area contributed by atoms with Crippen LogP contribution in [-0.2, 0) is 0 Å². The molecule has 0 atom stereocenters. The van der Waals surface area contributed by atoms with E-state index in [1.165, 1.54) is 4.90 Å². The molecule has 1 aromatic rings. The third kappa shape index (κ3) is 3.49. The number of likely N-dealkylation sites (N-methyl/N-ethyl adjacent to an activating group) is 2. The molecule has 0 amide bonds. The van der Waals surface area contributed by atoms with Gasteiger partial charge in [-0.3, -0.25) is 4.79 Å². The molecule has 0 saturated heterocycles. The highest BCUT2D eigenvalue weighted by Crippen LogP contribution is 2.23. The smallest absolute Gasteiger partial charge is 0.150 e. The Morgan fingerprint density at radius 3 is 2.06 bits per heavy atom. The zero-order valence-corrected chi connectivity index (χ0v) is 10.2. The van der Waals surface area contributed by atoms with Crippen LogP contribution in [0.4, 0.5) is 14.5 Å². The summed E-state index contributed by atoms with van der Waals surface area (Å²) in [5.74, 6) is -1.43.